The van der Waals surface area contributed by atoms with E-state index in [1.54, 1.807) is 43.5 Å². The van der Waals surface area contributed by atoms with Crippen LogP contribution in [-0.2, 0) is 0 Å². The van der Waals surface area contributed by atoms with Gasteiger partial charge in [0.15, 0.2) is 5.84 Å². The van der Waals surface area contributed by atoms with Crippen molar-refractivity contribution in [1.82, 2.24) is 15.0 Å². The van der Waals surface area contributed by atoms with Crippen molar-refractivity contribution in [3.05, 3.63) is 77.4 Å². The summed E-state index contributed by atoms with van der Waals surface area (Å²) in [6.07, 6.45) is 1.64. The van der Waals surface area contributed by atoms with E-state index in [9.17, 15) is 9.18 Å². The third kappa shape index (κ3) is 4.84. The number of hydrazine groups is 1. The summed E-state index contributed by atoms with van der Waals surface area (Å²) >= 11 is 0. The Balaban J connectivity index is 1.91. The lowest BCUT2D eigenvalue weighted by Gasteiger charge is -2.23. The van der Waals surface area contributed by atoms with Crippen molar-refractivity contribution in [1.29, 1.82) is 0 Å². The molecular weight excluding hydrogens is 397 g/mol. The van der Waals surface area contributed by atoms with Gasteiger partial charge in [-0.05, 0) is 62.7 Å². The van der Waals surface area contributed by atoms with Crippen molar-refractivity contribution in [3.63, 3.8) is 0 Å². The molecule has 5 N–H and O–H groups in total. The summed E-state index contributed by atoms with van der Waals surface area (Å²) in [6, 6.07) is 13.1. The lowest BCUT2D eigenvalue weighted by molar-refractivity contribution is 0.102. The molecule has 0 aliphatic carbocycles. The van der Waals surface area contributed by atoms with Crippen LogP contribution >= 0.6 is 0 Å². The predicted molar refractivity (Wildman–Crippen MR) is 118 cm³/mol. The van der Waals surface area contributed by atoms with E-state index in [0.717, 1.165) is 0 Å². The molecule has 8 nitrogen and oxygen atoms in total. The van der Waals surface area contributed by atoms with Crippen LogP contribution < -0.4 is 17.0 Å². The summed E-state index contributed by atoms with van der Waals surface area (Å²) in [7, 11) is 0. The van der Waals surface area contributed by atoms with Gasteiger partial charge in [-0.25, -0.2) is 15.2 Å². The van der Waals surface area contributed by atoms with Crippen LogP contribution in [0.1, 0.15) is 35.5 Å². The van der Waals surface area contributed by atoms with Crippen LogP contribution in [0.5, 0.6) is 0 Å². The summed E-state index contributed by atoms with van der Waals surface area (Å²) in [5.74, 6) is 10.7. The Bertz CT molecular complexity index is 1120. The summed E-state index contributed by atoms with van der Waals surface area (Å²) in [5.41, 5.74) is 2.24. The summed E-state index contributed by atoms with van der Waals surface area (Å²) in [5, 5.41) is 7.69. The Labute approximate surface area is 179 Å². The first-order valence-electron chi connectivity index (χ1n) is 9.64. The number of anilines is 1. The Morgan fingerprint density at radius 2 is 1.97 bits per heavy atom. The number of amidine groups is 1. The molecule has 31 heavy (non-hydrogen) atoms. The highest BCUT2D eigenvalue weighted by molar-refractivity contribution is 6.05. The molecule has 0 bridgehead atoms. The van der Waals surface area contributed by atoms with Crippen molar-refractivity contribution >= 4 is 17.6 Å². The molecule has 0 radical (unpaired) electrons. The molecule has 0 unspecified atom stereocenters. The fourth-order valence-corrected chi connectivity index (χ4v) is 2.97. The van der Waals surface area contributed by atoms with Crippen LogP contribution in [0.2, 0.25) is 0 Å². The number of nitrogens with two attached hydrogens (primary N) is 2. The monoisotopic (exact) mass is 421 g/mol. The number of carbonyl (C=O) groups is 1. The molecule has 1 aromatic carbocycles. The largest absolute Gasteiger partial charge is 0.321 e. The normalized spacial score (nSPS) is 11.5. The van der Waals surface area contributed by atoms with Crippen molar-refractivity contribution in [2.45, 2.75) is 26.8 Å². The van der Waals surface area contributed by atoms with Crippen LogP contribution in [0.15, 0.2) is 59.8 Å². The minimum absolute atomic E-state index is 0.0750. The third-order valence-corrected chi connectivity index (χ3v) is 4.64. The van der Waals surface area contributed by atoms with Gasteiger partial charge in [0.05, 0.1) is 11.3 Å². The standard InChI is InChI=1S/C22H24FN7O/c1-13(2)30(25)21(29-24)19-8-6-9-20(27-19)28-22(31)16-12-15(14(3)11-17(16)23)18-7-4-5-10-26-18/h4-13H,24-25H2,1-3H3,(H,27,28,31)/b29-21-. The number of nitrogens with one attached hydrogen (secondary N) is 1. The highest BCUT2D eigenvalue weighted by Gasteiger charge is 2.18. The van der Waals surface area contributed by atoms with E-state index in [1.165, 1.54) is 17.1 Å². The zero-order valence-corrected chi connectivity index (χ0v) is 17.5. The Morgan fingerprint density at radius 3 is 2.61 bits per heavy atom. The van der Waals surface area contributed by atoms with E-state index in [1.807, 2.05) is 19.9 Å². The number of amides is 1. The van der Waals surface area contributed by atoms with Gasteiger partial charge < -0.3 is 11.2 Å². The van der Waals surface area contributed by atoms with Crippen LogP contribution in [0.4, 0.5) is 10.2 Å². The highest BCUT2D eigenvalue weighted by Crippen LogP contribution is 2.25. The molecule has 0 atom stereocenters. The summed E-state index contributed by atoms with van der Waals surface area (Å²) in [4.78, 5) is 21.4. The first-order valence-corrected chi connectivity index (χ1v) is 9.64. The third-order valence-electron chi connectivity index (χ3n) is 4.64. The van der Waals surface area contributed by atoms with E-state index in [-0.39, 0.29) is 23.3 Å². The number of halogens is 1. The number of carbonyl (C=O) groups excluding carboxylic acids is 1. The van der Waals surface area contributed by atoms with Gasteiger partial charge in [0.25, 0.3) is 5.91 Å². The fraction of sp³-hybridized carbons (Fsp3) is 0.182. The van der Waals surface area contributed by atoms with Gasteiger partial charge in [0, 0.05) is 17.8 Å². The van der Waals surface area contributed by atoms with Gasteiger partial charge in [0.1, 0.15) is 17.3 Å². The van der Waals surface area contributed by atoms with Gasteiger partial charge in [-0.1, -0.05) is 12.1 Å². The average molecular weight is 421 g/mol. The lowest BCUT2D eigenvalue weighted by Crippen LogP contribution is -2.44. The molecular formula is C22H24FN7O. The Morgan fingerprint density at radius 1 is 1.19 bits per heavy atom. The maximum Gasteiger partial charge on any atom is 0.259 e. The first kappa shape index (κ1) is 21.8. The van der Waals surface area contributed by atoms with Gasteiger partial charge in [-0.3, -0.25) is 14.8 Å². The number of nitrogens with zero attached hydrogens (tertiary/aromatic N) is 4. The Kier molecular flexibility index (Phi) is 6.56. The van der Waals surface area contributed by atoms with Crippen LogP contribution in [0.25, 0.3) is 11.3 Å². The number of aryl methyl sites for hydroxylation is 1. The molecule has 0 spiro atoms. The van der Waals surface area contributed by atoms with Crippen LogP contribution in [0, 0.1) is 12.7 Å². The summed E-state index contributed by atoms with van der Waals surface area (Å²) < 4.78 is 14.6. The molecule has 0 fully saturated rings. The van der Waals surface area contributed by atoms with E-state index < -0.39 is 11.7 Å². The van der Waals surface area contributed by atoms with Gasteiger partial charge in [0.2, 0.25) is 0 Å². The molecule has 2 aromatic heterocycles. The van der Waals surface area contributed by atoms with Crippen molar-refractivity contribution in [2.24, 2.45) is 16.8 Å². The number of hydrazone groups is 1. The van der Waals surface area contributed by atoms with Crippen molar-refractivity contribution < 1.29 is 9.18 Å². The molecule has 2 heterocycles. The van der Waals surface area contributed by atoms with Crippen LogP contribution in [0.3, 0.4) is 0 Å². The fourth-order valence-electron chi connectivity index (χ4n) is 2.97. The molecule has 0 saturated heterocycles. The number of aromatic nitrogens is 2. The van der Waals surface area contributed by atoms with Crippen LogP contribution in [-0.4, -0.2) is 32.8 Å². The maximum absolute atomic E-state index is 14.6. The first-order chi connectivity index (χ1) is 14.8. The van der Waals surface area contributed by atoms with E-state index >= 15 is 0 Å². The molecule has 3 rings (SSSR count). The molecule has 0 aliphatic rings. The zero-order chi connectivity index (χ0) is 22.5. The number of hydrogen-bond acceptors (Lipinski definition) is 6. The SMILES string of the molecule is Cc1cc(F)c(C(=O)Nc2cccc(/C(=N/N)N(N)C(C)C)n2)cc1-c1ccccn1. The number of benzene rings is 1. The van der Waals surface area contributed by atoms with Gasteiger partial charge >= 0.3 is 0 Å². The smallest absolute Gasteiger partial charge is 0.259 e. The van der Waals surface area contributed by atoms with Gasteiger partial charge in [-0.2, -0.15) is 5.10 Å². The maximum atomic E-state index is 14.6. The van der Waals surface area contributed by atoms with E-state index in [2.05, 4.69) is 20.4 Å². The molecule has 0 aliphatic heterocycles. The zero-order valence-electron chi connectivity index (χ0n) is 17.5. The number of hydrogen-bond donors (Lipinski definition) is 3. The second-order valence-electron chi connectivity index (χ2n) is 7.18. The molecule has 0 saturated carbocycles. The van der Waals surface area contributed by atoms with Crippen molar-refractivity contribution in [2.75, 3.05) is 5.32 Å². The molecule has 160 valence electrons. The lowest BCUT2D eigenvalue weighted by atomic mass is 10.0. The topological polar surface area (TPSA) is 123 Å². The minimum Gasteiger partial charge on any atom is -0.321 e. The number of pyridine rings is 2. The van der Waals surface area contributed by atoms with Gasteiger partial charge in [-0.15, -0.1) is 0 Å². The quantitative estimate of drug-likeness (QED) is 0.252. The second kappa shape index (κ2) is 9.31. The second-order valence-corrected chi connectivity index (χ2v) is 7.18. The van der Waals surface area contributed by atoms with E-state index in [0.29, 0.717) is 22.5 Å². The summed E-state index contributed by atoms with van der Waals surface area (Å²) in [6.45, 7) is 5.51. The predicted octanol–water partition coefficient (Wildman–Crippen LogP) is 3.05. The van der Waals surface area contributed by atoms with E-state index in [4.69, 9.17) is 11.7 Å². The van der Waals surface area contributed by atoms with Crippen molar-refractivity contribution in [3.8, 4) is 11.3 Å². The molecule has 1 amide bonds. The molecule has 3 aromatic rings. The Hall–Kier alpha value is -3.85. The highest BCUT2D eigenvalue weighted by atomic mass is 19.1. The minimum atomic E-state index is -0.640. The molecule has 9 heteroatoms. The number of rotatable bonds is 5. The average Bonchev–Trinajstić information content (AvgIpc) is 2.75.